The van der Waals surface area contributed by atoms with Crippen LogP contribution in [0.25, 0.3) is 26.9 Å². The van der Waals surface area contributed by atoms with E-state index >= 15 is 0 Å². The van der Waals surface area contributed by atoms with Gasteiger partial charge in [0.25, 0.3) is 20.0 Å². The Bertz CT molecular complexity index is 2790. The Kier molecular flexibility index (Phi) is 21.6. The molecule has 2 aliphatic rings. The molecule has 2 saturated heterocycles. The van der Waals surface area contributed by atoms with E-state index in [4.69, 9.17) is 45.2 Å². The zero-order chi connectivity index (χ0) is 52.0. The number of hydrogen-bond donors (Lipinski definition) is 3. The summed E-state index contributed by atoms with van der Waals surface area (Å²) in [7, 11) is -5.35. The molecule has 394 valence electrons. The molecular weight excluding hydrogens is 993 g/mol. The largest absolute Gasteiger partial charge is 0.475 e. The van der Waals surface area contributed by atoms with E-state index in [2.05, 4.69) is 45.0 Å². The lowest BCUT2D eigenvalue weighted by atomic mass is 10.1. The molecule has 6 rings (SSSR count). The molecule has 0 radical (unpaired) electrons. The van der Waals surface area contributed by atoms with Crippen LogP contribution >= 0.6 is 16.3 Å². The molecule has 0 aliphatic carbocycles. The number of amides is 2. The normalized spacial score (nSPS) is 20.9. The van der Waals surface area contributed by atoms with Crippen molar-refractivity contribution in [1.82, 2.24) is 39.1 Å². The van der Waals surface area contributed by atoms with Gasteiger partial charge in [-0.3, -0.25) is 46.9 Å². The van der Waals surface area contributed by atoms with Gasteiger partial charge < -0.3 is 43.6 Å². The van der Waals surface area contributed by atoms with E-state index in [0.717, 1.165) is 23.8 Å². The number of H-pyrrole nitrogens is 1. The van der Waals surface area contributed by atoms with Crippen molar-refractivity contribution >= 4 is 57.2 Å². The fourth-order valence-electron chi connectivity index (χ4n) is 7.72. The summed E-state index contributed by atoms with van der Waals surface area (Å²) in [5, 5.41) is 5.11. The zero-order valence-corrected chi connectivity index (χ0v) is 42.2. The lowest BCUT2D eigenvalue weighted by molar-refractivity contribution is -0.140. The van der Waals surface area contributed by atoms with Crippen LogP contribution in [0.3, 0.4) is 0 Å². The molecule has 0 saturated carbocycles. The van der Waals surface area contributed by atoms with E-state index < -0.39 is 95.4 Å². The van der Waals surface area contributed by atoms with Gasteiger partial charge in [-0.25, -0.2) is 42.1 Å². The molecule has 27 heteroatoms. The molecule has 2 fully saturated rings. The van der Waals surface area contributed by atoms with Gasteiger partial charge in [0.05, 0.1) is 43.9 Å². The van der Waals surface area contributed by atoms with Gasteiger partial charge in [0.15, 0.2) is 17.0 Å². The number of rotatable bonds is 25. The van der Waals surface area contributed by atoms with Crippen molar-refractivity contribution in [3.8, 4) is 0 Å². The van der Waals surface area contributed by atoms with Crippen molar-refractivity contribution in [3.05, 3.63) is 110 Å². The lowest BCUT2D eigenvalue weighted by Crippen LogP contribution is -2.36. The number of anilines is 1. The predicted molar refractivity (Wildman–Crippen MR) is 266 cm³/mol. The number of methoxy groups -OCH3 is 1. The number of aromatic amines is 1. The average molecular weight is 1050 g/mol. The van der Waals surface area contributed by atoms with Crippen molar-refractivity contribution in [3.63, 3.8) is 0 Å². The number of nitrogens with one attached hydrogen (secondary N) is 3. The van der Waals surface area contributed by atoms with Crippen LogP contribution < -0.4 is 21.9 Å². The van der Waals surface area contributed by atoms with Gasteiger partial charge in [-0.2, -0.15) is 0 Å². The molecule has 4 aromatic rings. The fraction of sp³-hybridized carbons (Fsp3) is 0.522. The van der Waals surface area contributed by atoms with Crippen molar-refractivity contribution in [2.45, 2.75) is 110 Å². The topological polar surface area (TPSA) is 277 Å². The van der Waals surface area contributed by atoms with Crippen LogP contribution in [0.1, 0.15) is 89.7 Å². The van der Waals surface area contributed by atoms with Crippen molar-refractivity contribution in [2.75, 3.05) is 51.9 Å². The van der Waals surface area contributed by atoms with Gasteiger partial charge in [-0.1, -0.05) is 32.5 Å². The lowest BCUT2D eigenvalue weighted by Gasteiger charge is -2.37. The SMILES string of the molecule is C.[C-]#[N+]CCOP(OC1CC(n2cc(/C=C/C(=O)NCC(=O)OC)c(=O)[nH]c2=O)OC1COP(=O)(OCC[N+]#[C-])OC1CC(n2cnc3c(NC(=O)c4ccccc4)ncnc32)OC1CC)N(C(C)C)C(C)C. The Morgan fingerprint density at radius 2 is 1.66 bits per heavy atom. The summed E-state index contributed by atoms with van der Waals surface area (Å²) >= 11 is 0. The number of imidazole rings is 1. The van der Waals surface area contributed by atoms with Crippen LogP contribution in [0.15, 0.2) is 64.8 Å². The molecule has 0 spiro atoms. The third-order valence-electron chi connectivity index (χ3n) is 11.0. The molecular formula is C46H61N11O14P2. The smallest absolute Gasteiger partial charge is 0.468 e. The number of benzene rings is 1. The second-order valence-electron chi connectivity index (χ2n) is 16.6. The maximum Gasteiger partial charge on any atom is 0.475 e. The van der Waals surface area contributed by atoms with Crippen LogP contribution in [0.4, 0.5) is 5.82 Å². The summed E-state index contributed by atoms with van der Waals surface area (Å²) in [6.45, 7) is 23.0. The number of carbonyl (C=O) groups excluding carboxylic acids is 3. The first-order valence-corrected chi connectivity index (χ1v) is 25.5. The quantitative estimate of drug-likeness (QED) is 0.0237. The van der Waals surface area contributed by atoms with E-state index in [-0.39, 0.29) is 70.0 Å². The molecule has 3 aromatic heterocycles. The summed E-state index contributed by atoms with van der Waals surface area (Å²) in [4.78, 5) is 85.4. The second kappa shape index (κ2) is 27.3. The first-order chi connectivity index (χ1) is 34.6. The molecule has 25 nitrogen and oxygen atoms in total. The summed E-state index contributed by atoms with van der Waals surface area (Å²) in [5.74, 6) is -1.62. The van der Waals surface area contributed by atoms with Gasteiger partial charge in [0.1, 0.15) is 44.6 Å². The van der Waals surface area contributed by atoms with E-state index in [1.54, 1.807) is 34.9 Å². The highest BCUT2D eigenvalue weighted by Crippen LogP contribution is 2.55. The summed E-state index contributed by atoms with van der Waals surface area (Å²) in [6, 6.07) is 8.42. The maximum atomic E-state index is 14.8. The van der Waals surface area contributed by atoms with E-state index in [1.165, 1.54) is 18.9 Å². The summed E-state index contributed by atoms with van der Waals surface area (Å²) in [6.07, 6.45) is 1.09. The van der Waals surface area contributed by atoms with Crippen LogP contribution in [0, 0.1) is 13.1 Å². The Labute approximate surface area is 423 Å². The molecule has 5 heterocycles. The first-order valence-electron chi connectivity index (χ1n) is 22.9. The third kappa shape index (κ3) is 15.2. The van der Waals surface area contributed by atoms with Gasteiger partial charge in [0, 0.05) is 42.8 Å². The fourth-order valence-corrected chi connectivity index (χ4v) is 10.9. The second-order valence-corrected chi connectivity index (χ2v) is 19.7. The van der Waals surface area contributed by atoms with Crippen LogP contribution in [0.2, 0.25) is 0 Å². The Balaban J connectivity index is 0.00000988. The minimum atomic E-state index is -4.61. The third-order valence-corrected chi connectivity index (χ3v) is 14.7. The van der Waals surface area contributed by atoms with Crippen molar-refractivity contribution < 1.29 is 55.8 Å². The minimum absolute atomic E-state index is 0. The molecule has 2 amide bonds. The number of phosphoric ester groups is 1. The predicted octanol–water partition coefficient (Wildman–Crippen LogP) is 5.66. The molecule has 1 aromatic carbocycles. The standard InChI is InChI=1S/C45H57N11O14P2.CH4/c1-9-32-34(22-38(67-32)55-27-51-40-41(49-26-50-42(40)55)52-43(59)30-13-11-10-12-14-30)70-72(62,65-20-18-47-7)66-25-35-33(69-71(64-19-17-46-6)56(28(2)3)29(4)5)21-37(68-35)54-24-31(44(60)53-45(54)61)15-16-36(57)48-23-39(58)63-8;/h10-16,24,26-29,32-35,37-38H,9,17-23,25H2,1-5,8H3,(H,48,57)(H,53,60,61)(H,49,50,52,59);1H4/b16-15+;. The minimum Gasteiger partial charge on any atom is -0.468 e. The van der Waals surface area contributed by atoms with E-state index in [0.29, 0.717) is 23.1 Å². The highest BCUT2D eigenvalue weighted by Gasteiger charge is 2.46. The summed E-state index contributed by atoms with van der Waals surface area (Å²) in [5.41, 5.74) is -0.722. The Morgan fingerprint density at radius 3 is 2.34 bits per heavy atom. The Morgan fingerprint density at radius 1 is 0.973 bits per heavy atom. The molecule has 8 atom stereocenters. The summed E-state index contributed by atoms with van der Waals surface area (Å²) < 4.78 is 67.9. The number of phosphoric acid groups is 1. The van der Waals surface area contributed by atoms with Crippen molar-refractivity contribution in [1.29, 1.82) is 0 Å². The zero-order valence-electron chi connectivity index (χ0n) is 40.4. The first kappa shape index (κ1) is 57.8. The molecule has 0 bridgehead atoms. The van der Waals surface area contributed by atoms with Gasteiger partial charge in [0.2, 0.25) is 19.0 Å². The molecule has 73 heavy (non-hydrogen) atoms. The van der Waals surface area contributed by atoms with Gasteiger partial charge in [-0.15, -0.1) is 0 Å². The van der Waals surface area contributed by atoms with E-state index in [9.17, 15) is 28.5 Å². The van der Waals surface area contributed by atoms with Crippen LogP contribution in [-0.4, -0.2) is 135 Å². The van der Waals surface area contributed by atoms with Gasteiger partial charge in [-0.05, 0) is 52.3 Å². The molecule has 2 aliphatic heterocycles. The Hall–Kier alpha value is -6.08. The number of fused-ring (bicyclic) bond motifs is 1. The number of carbonyl (C=O) groups is 3. The van der Waals surface area contributed by atoms with Gasteiger partial charge >= 0.3 is 19.5 Å². The number of ether oxygens (including phenoxy) is 3. The number of aromatic nitrogens is 6. The molecule has 3 N–H and O–H groups in total. The van der Waals surface area contributed by atoms with Crippen LogP contribution in [-0.2, 0) is 51.0 Å². The number of esters is 1. The highest BCUT2D eigenvalue weighted by molar-refractivity contribution is 7.48. The monoisotopic (exact) mass is 1050 g/mol. The van der Waals surface area contributed by atoms with Crippen molar-refractivity contribution in [2.24, 2.45) is 0 Å². The van der Waals surface area contributed by atoms with Crippen LogP contribution in [0.5, 0.6) is 0 Å². The highest BCUT2D eigenvalue weighted by atomic mass is 31.2. The average Bonchev–Trinajstić information content (AvgIpc) is 4.09. The number of hydrogen-bond acceptors (Lipinski definition) is 18. The number of nitrogens with zero attached hydrogens (tertiary/aromatic N) is 8. The van der Waals surface area contributed by atoms with E-state index in [1.807, 2.05) is 39.3 Å². The maximum absolute atomic E-state index is 14.8. The molecule has 8 unspecified atom stereocenters.